The molecule has 0 radical (unpaired) electrons. The number of carbonyl (C=O) groups is 1. The Morgan fingerprint density at radius 1 is 1.42 bits per heavy atom. The SMILES string of the molecule is CCN(c1cc(-c2ccnc(OC)c2)c[nH]c1=O)[C@H]1CCCN(C(=O)C=CCNC)C1. The molecule has 166 valence electrons. The first kappa shape index (κ1) is 22.6. The Hall–Kier alpha value is -3.13. The number of anilines is 1. The fourth-order valence-electron chi connectivity index (χ4n) is 3.97. The van der Waals surface area contributed by atoms with Crippen molar-refractivity contribution in [3.05, 3.63) is 53.1 Å². The summed E-state index contributed by atoms with van der Waals surface area (Å²) < 4.78 is 5.22. The topological polar surface area (TPSA) is 90.6 Å². The number of amides is 1. The van der Waals surface area contributed by atoms with Crippen molar-refractivity contribution in [2.45, 2.75) is 25.8 Å². The van der Waals surface area contributed by atoms with Crippen molar-refractivity contribution in [1.82, 2.24) is 20.2 Å². The van der Waals surface area contributed by atoms with Crippen molar-refractivity contribution in [1.29, 1.82) is 0 Å². The third kappa shape index (κ3) is 5.52. The molecular weight excluding hydrogens is 394 g/mol. The van der Waals surface area contributed by atoms with Crippen LogP contribution in [-0.4, -0.2) is 67.2 Å². The third-order valence-electron chi connectivity index (χ3n) is 5.54. The molecule has 1 amide bonds. The Kier molecular flexibility index (Phi) is 7.83. The van der Waals surface area contributed by atoms with Crippen molar-refractivity contribution in [3.63, 3.8) is 0 Å². The fourth-order valence-corrected chi connectivity index (χ4v) is 3.97. The quantitative estimate of drug-likeness (QED) is 0.629. The van der Waals surface area contributed by atoms with Gasteiger partial charge >= 0.3 is 0 Å². The van der Waals surface area contributed by atoms with Crippen LogP contribution in [0.4, 0.5) is 5.69 Å². The highest BCUT2D eigenvalue weighted by Crippen LogP contribution is 2.26. The van der Waals surface area contributed by atoms with Crippen LogP contribution in [0.2, 0.25) is 0 Å². The second-order valence-corrected chi connectivity index (χ2v) is 7.52. The van der Waals surface area contributed by atoms with E-state index in [1.54, 1.807) is 25.6 Å². The van der Waals surface area contributed by atoms with Gasteiger partial charge in [0.25, 0.3) is 5.56 Å². The molecule has 8 nitrogen and oxygen atoms in total. The highest BCUT2D eigenvalue weighted by Gasteiger charge is 2.28. The number of carbonyl (C=O) groups excluding carboxylic acids is 1. The molecule has 2 aromatic heterocycles. The van der Waals surface area contributed by atoms with Gasteiger partial charge in [0.2, 0.25) is 11.8 Å². The van der Waals surface area contributed by atoms with Gasteiger partial charge < -0.3 is 24.8 Å². The number of hydrogen-bond donors (Lipinski definition) is 2. The van der Waals surface area contributed by atoms with Crippen LogP contribution in [0.3, 0.4) is 0 Å². The zero-order valence-electron chi connectivity index (χ0n) is 18.4. The fraction of sp³-hybridized carbons (Fsp3) is 0.435. The van der Waals surface area contributed by atoms with Crippen LogP contribution in [-0.2, 0) is 4.79 Å². The standard InChI is InChI=1S/C23H31N5O3/c1-4-28(19-7-6-12-27(16-19)22(29)8-5-10-24-2)20-13-18(15-26-23(20)30)17-9-11-25-21(14-17)31-3/h5,8-9,11,13-15,19,24H,4,6-7,10,12,16H2,1-3H3,(H,26,30)/t19-/m0/s1. The van der Waals surface area contributed by atoms with Gasteiger partial charge in [-0.2, -0.15) is 0 Å². The van der Waals surface area contributed by atoms with Gasteiger partial charge in [0.1, 0.15) is 5.69 Å². The van der Waals surface area contributed by atoms with Gasteiger partial charge in [-0.05, 0) is 44.5 Å². The second kappa shape index (κ2) is 10.8. The van der Waals surface area contributed by atoms with Crippen LogP contribution in [0.5, 0.6) is 5.88 Å². The summed E-state index contributed by atoms with van der Waals surface area (Å²) >= 11 is 0. The molecule has 1 saturated heterocycles. The molecule has 2 aromatic rings. The number of piperidine rings is 1. The zero-order chi connectivity index (χ0) is 22.2. The van der Waals surface area contributed by atoms with Gasteiger partial charge in [0.05, 0.1) is 7.11 Å². The van der Waals surface area contributed by atoms with Gasteiger partial charge in [-0.15, -0.1) is 0 Å². The van der Waals surface area contributed by atoms with Gasteiger partial charge in [-0.3, -0.25) is 9.59 Å². The molecule has 0 saturated carbocycles. The number of aromatic nitrogens is 2. The summed E-state index contributed by atoms with van der Waals surface area (Å²) in [7, 11) is 3.42. The number of nitrogens with one attached hydrogen (secondary N) is 2. The van der Waals surface area contributed by atoms with E-state index < -0.39 is 0 Å². The Morgan fingerprint density at radius 2 is 2.26 bits per heavy atom. The van der Waals surface area contributed by atoms with Gasteiger partial charge in [0, 0.05) is 62.3 Å². The van der Waals surface area contributed by atoms with E-state index >= 15 is 0 Å². The Morgan fingerprint density at radius 3 is 3.00 bits per heavy atom. The molecule has 0 aromatic carbocycles. The van der Waals surface area contributed by atoms with Crippen molar-refractivity contribution in [2.24, 2.45) is 0 Å². The lowest BCUT2D eigenvalue weighted by molar-refractivity contribution is -0.127. The van der Waals surface area contributed by atoms with E-state index in [2.05, 4.69) is 20.2 Å². The predicted molar refractivity (Wildman–Crippen MR) is 123 cm³/mol. The summed E-state index contributed by atoms with van der Waals surface area (Å²) in [5.41, 5.74) is 2.27. The Labute approximate surface area is 182 Å². The lowest BCUT2D eigenvalue weighted by atomic mass is 10.0. The van der Waals surface area contributed by atoms with E-state index in [-0.39, 0.29) is 17.5 Å². The zero-order valence-corrected chi connectivity index (χ0v) is 18.4. The van der Waals surface area contributed by atoms with Crippen LogP contribution >= 0.6 is 0 Å². The molecule has 0 bridgehead atoms. The van der Waals surface area contributed by atoms with Crippen molar-refractivity contribution in [3.8, 4) is 17.0 Å². The molecule has 31 heavy (non-hydrogen) atoms. The molecular formula is C23H31N5O3. The summed E-state index contributed by atoms with van der Waals surface area (Å²) in [4.78, 5) is 36.3. The smallest absolute Gasteiger partial charge is 0.271 e. The van der Waals surface area contributed by atoms with Gasteiger partial charge in [0.15, 0.2) is 0 Å². The lowest BCUT2D eigenvalue weighted by Gasteiger charge is -2.39. The molecule has 1 aliphatic heterocycles. The maximum atomic E-state index is 12.7. The minimum atomic E-state index is -0.135. The second-order valence-electron chi connectivity index (χ2n) is 7.52. The average molecular weight is 426 g/mol. The first-order valence-corrected chi connectivity index (χ1v) is 10.7. The van der Waals surface area contributed by atoms with Crippen LogP contribution in [0, 0.1) is 0 Å². The molecule has 3 rings (SSSR count). The van der Waals surface area contributed by atoms with Gasteiger partial charge in [-0.1, -0.05) is 6.08 Å². The van der Waals surface area contributed by atoms with E-state index in [0.717, 1.165) is 30.5 Å². The molecule has 2 N–H and O–H groups in total. The normalized spacial score (nSPS) is 16.5. The van der Waals surface area contributed by atoms with Crippen LogP contribution in [0.15, 0.2) is 47.5 Å². The van der Waals surface area contributed by atoms with E-state index in [9.17, 15) is 9.59 Å². The summed E-state index contributed by atoms with van der Waals surface area (Å²) in [6.45, 7) is 4.71. The first-order valence-electron chi connectivity index (χ1n) is 10.7. The molecule has 1 aliphatic rings. The summed E-state index contributed by atoms with van der Waals surface area (Å²) in [6.07, 6.45) is 8.69. The monoisotopic (exact) mass is 425 g/mol. The number of hydrogen-bond acceptors (Lipinski definition) is 6. The number of nitrogens with zero attached hydrogens (tertiary/aromatic N) is 3. The molecule has 0 aliphatic carbocycles. The maximum Gasteiger partial charge on any atom is 0.271 e. The van der Waals surface area contributed by atoms with Crippen LogP contribution in [0.25, 0.3) is 11.1 Å². The van der Waals surface area contributed by atoms with Crippen molar-refractivity contribution >= 4 is 11.6 Å². The van der Waals surface area contributed by atoms with Crippen molar-refractivity contribution < 1.29 is 9.53 Å². The molecule has 8 heteroatoms. The average Bonchev–Trinajstić information content (AvgIpc) is 2.81. The molecule has 0 spiro atoms. The molecule has 0 unspecified atom stereocenters. The highest BCUT2D eigenvalue weighted by atomic mass is 16.5. The number of aromatic amines is 1. The number of likely N-dealkylation sites (tertiary alicyclic amines) is 1. The minimum absolute atomic E-state index is 0.0162. The summed E-state index contributed by atoms with van der Waals surface area (Å²) in [5, 5.41) is 3.00. The molecule has 1 fully saturated rings. The summed E-state index contributed by atoms with van der Waals surface area (Å²) in [5.74, 6) is 0.535. The van der Waals surface area contributed by atoms with Crippen molar-refractivity contribution in [2.75, 3.05) is 45.2 Å². The van der Waals surface area contributed by atoms with E-state index in [4.69, 9.17) is 4.74 Å². The third-order valence-corrected chi connectivity index (χ3v) is 5.54. The van der Waals surface area contributed by atoms with Gasteiger partial charge in [-0.25, -0.2) is 4.98 Å². The van der Waals surface area contributed by atoms with E-state index in [0.29, 0.717) is 31.2 Å². The van der Waals surface area contributed by atoms with E-state index in [1.807, 2.05) is 43.1 Å². The number of pyridine rings is 2. The lowest BCUT2D eigenvalue weighted by Crippen LogP contribution is -2.50. The summed E-state index contributed by atoms with van der Waals surface area (Å²) in [6, 6.07) is 5.72. The van der Waals surface area contributed by atoms with Crippen LogP contribution in [0.1, 0.15) is 19.8 Å². The molecule has 3 heterocycles. The Bertz CT molecular complexity index is 972. The maximum absolute atomic E-state index is 12.7. The molecule has 1 atom stereocenters. The van der Waals surface area contributed by atoms with E-state index in [1.165, 1.54) is 0 Å². The number of ether oxygens (including phenoxy) is 1. The first-order chi connectivity index (χ1) is 15.1. The number of rotatable bonds is 8. The Balaban J connectivity index is 1.84. The van der Waals surface area contributed by atoms with Crippen LogP contribution < -0.4 is 20.5 Å². The largest absolute Gasteiger partial charge is 0.481 e. The number of methoxy groups -OCH3 is 1. The predicted octanol–water partition coefficient (Wildman–Crippen LogP) is 2.04. The minimum Gasteiger partial charge on any atom is -0.481 e. The number of likely N-dealkylation sites (N-methyl/N-ethyl adjacent to an activating group) is 2. The number of H-pyrrole nitrogens is 1. The highest BCUT2D eigenvalue weighted by molar-refractivity contribution is 5.87.